The molecule has 5 aromatic carbocycles. The van der Waals surface area contributed by atoms with Gasteiger partial charge in [0.2, 0.25) is 0 Å². The molecule has 0 unspecified atom stereocenters. The average molecular weight is 554 g/mol. The number of para-hydroxylation sites is 2. The van der Waals surface area contributed by atoms with Crippen molar-refractivity contribution in [1.29, 1.82) is 0 Å². The summed E-state index contributed by atoms with van der Waals surface area (Å²) in [5.41, 5.74) is 4.68. The highest BCUT2D eigenvalue weighted by Crippen LogP contribution is 2.35. The van der Waals surface area contributed by atoms with Gasteiger partial charge < -0.3 is 9.41 Å². The van der Waals surface area contributed by atoms with Crippen LogP contribution in [0.15, 0.2) is 127 Å². The molecule has 6 aromatic rings. The maximum absolute atomic E-state index is 14.6. The Morgan fingerprint density at radius 2 is 1.24 bits per heavy atom. The fourth-order valence-corrected chi connectivity index (χ4v) is 8.68. The van der Waals surface area contributed by atoms with Crippen molar-refractivity contribution < 1.29 is 9.22 Å². The molecule has 6 rings (SSSR count). The second-order valence-electron chi connectivity index (χ2n) is 11.9. The van der Waals surface area contributed by atoms with E-state index in [1.165, 1.54) is 5.56 Å². The highest BCUT2D eigenvalue weighted by atomic mass is 28.4. The van der Waals surface area contributed by atoms with Crippen LogP contribution in [0.5, 0.6) is 0 Å². The molecule has 1 heterocycles. The van der Waals surface area contributed by atoms with Gasteiger partial charge in [-0.25, -0.2) is 0 Å². The number of H-pyrrole nitrogens is 1. The first-order valence-corrected chi connectivity index (χ1v) is 16.6. The van der Waals surface area contributed by atoms with E-state index in [1.54, 1.807) is 0 Å². The molecule has 1 N–H and O–H groups in total. The summed E-state index contributed by atoms with van der Waals surface area (Å²) in [7, 11) is -2.85. The monoisotopic (exact) mass is 553 g/mol. The van der Waals surface area contributed by atoms with Gasteiger partial charge in [0.1, 0.15) is 6.10 Å². The van der Waals surface area contributed by atoms with Crippen molar-refractivity contribution in [3.05, 3.63) is 144 Å². The summed E-state index contributed by atoms with van der Waals surface area (Å²) in [6.45, 7) is 8.75. The molecular weight excluding hydrogens is 518 g/mol. The number of carbonyl (C=O) groups is 1. The van der Waals surface area contributed by atoms with Crippen molar-refractivity contribution in [2.24, 2.45) is 0 Å². The smallest absolute Gasteiger partial charge is 0.254 e. The SMILES string of the molecule is CC(C)(C)c1ccc(C(=O)[C@@H](O[Si](C)(c2ccccc2)c2ccccc2)c2cccc3c2[nH]c2ccccc23)cc1. The Hall–Kier alpha value is -4.25. The third kappa shape index (κ3) is 5.05. The molecule has 0 saturated carbocycles. The zero-order chi connectivity index (χ0) is 28.6. The van der Waals surface area contributed by atoms with E-state index in [2.05, 4.69) is 86.9 Å². The largest absolute Gasteiger partial charge is 0.394 e. The molecule has 0 spiro atoms. The lowest BCUT2D eigenvalue weighted by Gasteiger charge is -2.33. The molecule has 0 saturated heterocycles. The molecule has 1 aromatic heterocycles. The maximum Gasteiger partial charge on any atom is 0.254 e. The number of Topliss-reactive ketones (excluding diaryl/α,β-unsaturated/α-hetero) is 1. The minimum Gasteiger partial charge on any atom is -0.394 e. The zero-order valence-electron chi connectivity index (χ0n) is 24.0. The van der Waals surface area contributed by atoms with Crippen LogP contribution in [0, 0.1) is 0 Å². The van der Waals surface area contributed by atoms with Crippen LogP contribution in [-0.2, 0) is 9.84 Å². The molecule has 0 aliphatic rings. The Labute approximate surface area is 243 Å². The van der Waals surface area contributed by atoms with Gasteiger partial charge in [-0.1, -0.05) is 142 Å². The number of carbonyl (C=O) groups excluding carboxylic acids is 1. The van der Waals surface area contributed by atoms with Gasteiger partial charge in [-0.05, 0) is 34.0 Å². The molecule has 0 amide bonds. The van der Waals surface area contributed by atoms with Crippen LogP contribution in [0.2, 0.25) is 6.55 Å². The third-order valence-corrected chi connectivity index (χ3v) is 11.7. The Kier molecular flexibility index (Phi) is 6.98. The first kappa shape index (κ1) is 26.9. The van der Waals surface area contributed by atoms with Crippen molar-refractivity contribution in [3.8, 4) is 0 Å². The number of hydrogen-bond acceptors (Lipinski definition) is 2. The van der Waals surface area contributed by atoms with E-state index in [4.69, 9.17) is 4.43 Å². The van der Waals surface area contributed by atoms with E-state index >= 15 is 0 Å². The number of fused-ring (bicyclic) bond motifs is 3. The van der Waals surface area contributed by atoms with Gasteiger partial charge in [-0.2, -0.15) is 0 Å². The first-order valence-electron chi connectivity index (χ1n) is 14.2. The van der Waals surface area contributed by atoms with Crippen molar-refractivity contribution in [3.63, 3.8) is 0 Å². The molecule has 0 radical (unpaired) electrons. The number of aromatic amines is 1. The Balaban J connectivity index is 1.55. The summed E-state index contributed by atoms with van der Waals surface area (Å²) in [6, 6.07) is 43.3. The summed E-state index contributed by atoms with van der Waals surface area (Å²) in [6.07, 6.45) is -0.802. The second kappa shape index (κ2) is 10.6. The number of aromatic nitrogens is 1. The normalized spacial score (nSPS) is 13.0. The van der Waals surface area contributed by atoms with Crippen molar-refractivity contribution in [2.75, 3.05) is 0 Å². The Morgan fingerprint density at radius 1 is 0.683 bits per heavy atom. The molecule has 3 nitrogen and oxygen atoms in total. The van der Waals surface area contributed by atoms with Crippen LogP contribution in [-0.4, -0.2) is 19.1 Å². The maximum atomic E-state index is 14.6. The van der Waals surface area contributed by atoms with Crippen LogP contribution >= 0.6 is 0 Å². The molecule has 0 bridgehead atoms. The molecular formula is C37H35NO2Si. The Morgan fingerprint density at radius 3 is 1.85 bits per heavy atom. The minimum absolute atomic E-state index is 0.000463. The molecule has 1 atom stereocenters. The van der Waals surface area contributed by atoms with Gasteiger partial charge in [0, 0.05) is 27.4 Å². The summed E-state index contributed by atoms with van der Waals surface area (Å²) in [4.78, 5) is 18.2. The third-order valence-electron chi connectivity index (χ3n) is 8.13. The van der Waals surface area contributed by atoms with Gasteiger partial charge in [-0.15, -0.1) is 0 Å². The van der Waals surface area contributed by atoms with Crippen LogP contribution in [0.4, 0.5) is 0 Å². The van der Waals surface area contributed by atoms with E-state index in [-0.39, 0.29) is 11.2 Å². The lowest BCUT2D eigenvalue weighted by atomic mass is 9.86. The minimum atomic E-state index is -2.85. The quantitative estimate of drug-likeness (QED) is 0.161. The lowest BCUT2D eigenvalue weighted by molar-refractivity contribution is 0.0788. The number of nitrogens with one attached hydrogen (secondary N) is 1. The number of benzene rings is 5. The van der Waals surface area contributed by atoms with Gasteiger partial charge in [0.15, 0.2) is 5.78 Å². The summed E-state index contributed by atoms with van der Waals surface area (Å²) >= 11 is 0. The second-order valence-corrected chi connectivity index (χ2v) is 15.4. The summed E-state index contributed by atoms with van der Waals surface area (Å²) in [5, 5.41) is 4.47. The van der Waals surface area contributed by atoms with E-state index in [0.717, 1.165) is 37.7 Å². The molecule has 0 aliphatic carbocycles. The van der Waals surface area contributed by atoms with Crippen molar-refractivity contribution >= 4 is 46.3 Å². The molecule has 0 aliphatic heterocycles. The molecule has 4 heteroatoms. The molecule has 41 heavy (non-hydrogen) atoms. The van der Waals surface area contributed by atoms with Gasteiger partial charge >= 0.3 is 0 Å². The number of hydrogen-bond donors (Lipinski definition) is 1. The van der Waals surface area contributed by atoms with Gasteiger partial charge in [0.05, 0.1) is 5.52 Å². The summed E-state index contributed by atoms with van der Waals surface area (Å²) < 4.78 is 7.28. The number of rotatable bonds is 7. The predicted octanol–water partition coefficient (Wildman–Crippen LogP) is 7.95. The fraction of sp³-hybridized carbons (Fsp3) is 0.162. The van der Waals surface area contributed by atoms with E-state index in [0.29, 0.717) is 5.56 Å². The molecule has 0 fully saturated rings. The average Bonchev–Trinajstić information content (AvgIpc) is 3.39. The van der Waals surface area contributed by atoms with Crippen LogP contribution in [0.3, 0.4) is 0 Å². The van der Waals surface area contributed by atoms with Gasteiger partial charge in [0.25, 0.3) is 8.32 Å². The van der Waals surface area contributed by atoms with Gasteiger partial charge in [-0.3, -0.25) is 4.79 Å². The predicted molar refractivity (Wildman–Crippen MR) is 173 cm³/mol. The highest BCUT2D eigenvalue weighted by Gasteiger charge is 2.40. The van der Waals surface area contributed by atoms with E-state index in [1.807, 2.05) is 72.8 Å². The van der Waals surface area contributed by atoms with Crippen molar-refractivity contribution in [1.82, 2.24) is 4.98 Å². The van der Waals surface area contributed by atoms with Crippen LogP contribution in [0.1, 0.15) is 48.4 Å². The zero-order valence-corrected chi connectivity index (χ0v) is 25.0. The standard InChI is InChI=1S/C37H35NO2Si/c1-37(2,3)27-24-22-26(23-25-27)35(39)36(32-20-13-19-31-30-18-11-12-21-33(30)38-34(31)32)40-41(4,28-14-7-5-8-15-28)29-16-9-6-10-17-29/h5-25,36,38H,1-4H3/t36-/m0/s1. The fourth-order valence-electron chi connectivity index (χ4n) is 5.71. The Bertz CT molecular complexity index is 1780. The topological polar surface area (TPSA) is 42.1 Å². The lowest BCUT2D eigenvalue weighted by Crippen LogP contribution is -2.59. The van der Waals surface area contributed by atoms with E-state index in [9.17, 15) is 4.79 Å². The molecule has 204 valence electrons. The highest BCUT2D eigenvalue weighted by molar-refractivity contribution is 6.96. The van der Waals surface area contributed by atoms with Crippen LogP contribution in [0.25, 0.3) is 21.8 Å². The number of ketones is 1. The van der Waals surface area contributed by atoms with Crippen LogP contribution < -0.4 is 10.4 Å². The van der Waals surface area contributed by atoms with E-state index < -0.39 is 14.4 Å². The first-order chi connectivity index (χ1) is 19.8. The van der Waals surface area contributed by atoms with Crippen molar-refractivity contribution in [2.45, 2.75) is 38.8 Å². The summed E-state index contributed by atoms with van der Waals surface area (Å²) in [5.74, 6) is -0.0396.